The first kappa shape index (κ1) is 18.0. The second-order valence-corrected chi connectivity index (χ2v) is 7.84. The van der Waals surface area contributed by atoms with Crippen molar-refractivity contribution >= 4 is 17.4 Å². The summed E-state index contributed by atoms with van der Waals surface area (Å²) in [5, 5.41) is 14.9. The molecule has 4 heterocycles. The summed E-state index contributed by atoms with van der Waals surface area (Å²) in [5.41, 5.74) is 1.23. The molecule has 0 spiro atoms. The van der Waals surface area contributed by atoms with Crippen molar-refractivity contribution in [3.63, 3.8) is 0 Å². The summed E-state index contributed by atoms with van der Waals surface area (Å²) >= 11 is 0. The molecule has 9 nitrogen and oxygen atoms in total. The van der Waals surface area contributed by atoms with E-state index >= 15 is 0 Å². The fourth-order valence-electron chi connectivity index (χ4n) is 4.68. The number of hydrogen-bond acceptors (Lipinski definition) is 7. The topological polar surface area (TPSA) is 97.5 Å². The lowest BCUT2D eigenvalue weighted by Gasteiger charge is -2.37. The number of methoxy groups -OCH3 is 1. The number of rotatable bonds is 4. The SMILES string of the molecule is CO[C@@H]1C[C@H]2CN(C(=O)c3ccc4nnnn4c3)C[C@H]2C[C@H]1Nc1ccccn1. The summed E-state index contributed by atoms with van der Waals surface area (Å²) in [6.07, 6.45) is 5.47. The molecule has 0 aromatic carbocycles. The van der Waals surface area contributed by atoms with Crippen LogP contribution in [0.25, 0.3) is 5.65 Å². The lowest BCUT2D eigenvalue weighted by Crippen LogP contribution is -2.44. The molecule has 4 atom stereocenters. The highest BCUT2D eigenvalue weighted by Gasteiger charge is 2.43. The van der Waals surface area contributed by atoms with Gasteiger partial charge in [-0.15, -0.1) is 5.10 Å². The highest BCUT2D eigenvalue weighted by atomic mass is 16.5. The summed E-state index contributed by atoms with van der Waals surface area (Å²) in [4.78, 5) is 19.4. The summed E-state index contributed by atoms with van der Waals surface area (Å²) in [7, 11) is 1.76. The predicted molar refractivity (Wildman–Crippen MR) is 105 cm³/mol. The number of pyridine rings is 2. The maximum absolute atomic E-state index is 13.1. The van der Waals surface area contributed by atoms with E-state index in [1.807, 2.05) is 23.1 Å². The van der Waals surface area contributed by atoms with Crippen molar-refractivity contribution < 1.29 is 9.53 Å². The fourth-order valence-corrected chi connectivity index (χ4v) is 4.68. The Morgan fingerprint density at radius 1 is 1.17 bits per heavy atom. The Balaban J connectivity index is 1.30. The fraction of sp³-hybridized carbons (Fsp3) is 0.450. The number of nitrogens with zero attached hydrogens (tertiary/aromatic N) is 6. The molecular weight excluding hydrogens is 370 g/mol. The lowest BCUT2D eigenvalue weighted by atomic mass is 9.77. The number of aromatic nitrogens is 5. The molecule has 3 aromatic rings. The number of carbonyl (C=O) groups excluding carboxylic acids is 1. The zero-order valence-electron chi connectivity index (χ0n) is 16.2. The second-order valence-electron chi connectivity index (χ2n) is 7.84. The molecule has 1 aliphatic carbocycles. The van der Waals surface area contributed by atoms with Gasteiger partial charge in [-0.3, -0.25) is 4.79 Å². The van der Waals surface area contributed by atoms with Crippen LogP contribution in [0, 0.1) is 11.8 Å². The summed E-state index contributed by atoms with van der Waals surface area (Å²) in [5.74, 6) is 1.78. The van der Waals surface area contributed by atoms with E-state index in [4.69, 9.17) is 4.74 Å². The van der Waals surface area contributed by atoms with Gasteiger partial charge in [0.15, 0.2) is 5.65 Å². The third kappa shape index (κ3) is 3.42. The van der Waals surface area contributed by atoms with Crippen LogP contribution in [0.1, 0.15) is 23.2 Å². The maximum Gasteiger partial charge on any atom is 0.255 e. The first-order chi connectivity index (χ1) is 14.2. The molecule has 1 N–H and O–H groups in total. The van der Waals surface area contributed by atoms with Crippen LogP contribution in [0.4, 0.5) is 5.82 Å². The van der Waals surface area contributed by atoms with E-state index in [0.29, 0.717) is 23.0 Å². The van der Waals surface area contributed by atoms with Gasteiger partial charge < -0.3 is 15.0 Å². The minimum absolute atomic E-state index is 0.0278. The minimum atomic E-state index is 0.0278. The molecule has 3 aromatic heterocycles. The number of likely N-dealkylation sites (tertiary alicyclic amines) is 1. The van der Waals surface area contributed by atoms with Gasteiger partial charge in [-0.2, -0.15) is 4.52 Å². The quantitative estimate of drug-likeness (QED) is 0.717. The Morgan fingerprint density at radius 2 is 2.03 bits per heavy atom. The predicted octanol–water partition coefficient (Wildman–Crippen LogP) is 1.50. The second kappa shape index (κ2) is 7.40. The summed E-state index contributed by atoms with van der Waals surface area (Å²) < 4.78 is 7.32. The van der Waals surface area contributed by atoms with E-state index in [9.17, 15) is 4.79 Å². The molecule has 1 amide bonds. The lowest BCUT2D eigenvalue weighted by molar-refractivity contribution is 0.0304. The third-order valence-corrected chi connectivity index (χ3v) is 6.14. The number of ether oxygens (including phenoxy) is 1. The zero-order valence-corrected chi connectivity index (χ0v) is 16.2. The molecule has 5 rings (SSSR count). The molecule has 9 heteroatoms. The van der Waals surface area contributed by atoms with Gasteiger partial charge in [0.05, 0.1) is 17.7 Å². The normalized spacial score (nSPS) is 26.4. The van der Waals surface area contributed by atoms with Gasteiger partial charge in [0.25, 0.3) is 5.91 Å². The smallest absolute Gasteiger partial charge is 0.255 e. The van der Waals surface area contributed by atoms with Gasteiger partial charge >= 0.3 is 0 Å². The standard InChI is InChI=1S/C20H23N7O2/c1-29-17-9-15-11-26(20(28)13-5-6-19-23-24-25-27(19)12-13)10-14(15)8-16(17)22-18-4-2-3-7-21-18/h2-7,12,14-17H,8-11H2,1H3,(H,21,22)/t14-,15+,16-,17-/m1/s1. The summed E-state index contributed by atoms with van der Waals surface area (Å²) in [6, 6.07) is 9.59. The van der Waals surface area contributed by atoms with Crippen molar-refractivity contribution in [2.75, 3.05) is 25.5 Å². The summed E-state index contributed by atoms with van der Waals surface area (Å²) in [6.45, 7) is 1.52. The number of amides is 1. The van der Waals surface area contributed by atoms with Gasteiger partial charge in [-0.1, -0.05) is 6.07 Å². The number of hydrogen-bond donors (Lipinski definition) is 1. The molecular formula is C20H23N7O2. The van der Waals surface area contributed by atoms with Crippen LogP contribution in [0.3, 0.4) is 0 Å². The minimum Gasteiger partial charge on any atom is -0.379 e. The Labute approximate surface area is 168 Å². The molecule has 0 radical (unpaired) electrons. The van der Waals surface area contributed by atoms with E-state index in [2.05, 4.69) is 25.8 Å². The van der Waals surface area contributed by atoms with Gasteiger partial charge in [0.1, 0.15) is 5.82 Å². The van der Waals surface area contributed by atoms with Crippen molar-refractivity contribution in [1.82, 2.24) is 29.9 Å². The van der Waals surface area contributed by atoms with E-state index in [1.54, 1.807) is 31.6 Å². The molecule has 2 aliphatic rings. The Bertz CT molecular complexity index is 1010. The van der Waals surface area contributed by atoms with Crippen molar-refractivity contribution in [3.8, 4) is 0 Å². The van der Waals surface area contributed by atoms with Crippen LogP contribution in [0.15, 0.2) is 42.7 Å². The van der Waals surface area contributed by atoms with E-state index in [0.717, 1.165) is 31.7 Å². The maximum atomic E-state index is 13.1. The van der Waals surface area contributed by atoms with E-state index in [-0.39, 0.29) is 18.1 Å². The van der Waals surface area contributed by atoms with Crippen LogP contribution in [-0.4, -0.2) is 68.2 Å². The highest BCUT2D eigenvalue weighted by molar-refractivity contribution is 5.94. The molecule has 150 valence electrons. The van der Waals surface area contributed by atoms with Crippen LogP contribution >= 0.6 is 0 Å². The largest absolute Gasteiger partial charge is 0.379 e. The van der Waals surface area contributed by atoms with Crippen LogP contribution in [0.2, 0.25) is 0 Å². The first-order valence-electron chi connectivity index (χ1n) is 9.88. The number of nitrogens with one attached hydrogen (secondary N) is 1. The molecule has 29 heavy (non-hydrogen) atoms. The first-order valence-corrected chi connectivity index (χ1v) is 9.88. The van der Waals surface area contributed by atoms with E-state index in [1.165, 1.54) is 4.52 Å². The highest BCUT2D eigenvalue weighted by Crippen LogP contribution is 2.38. The monoisotopic (exact) mass is 393 g/mol. The van der Waals surface area contributed by atoms with Crippen molar-refractivity contribution in [1.29, 1.82) is 0 Å². The van der Waals surface area contributed by atoms with Gasteiger partial charge in [-0.05, 0) is 59.4 Å². The van der Waals surface area contributed by atoms with Gasteiger partial charge in [0, 0.05) is 32.6 Å². The Kier molecular flexibility index (Phi) is 4.59. The van der Waals surface area contributed by atoms with Crippen molar-refractivity contribution in [2.24, 2.45) is 11.8 Å². The van der Waals surface area contributed by atoms with Crippen LogP contribution in [-0.2, 0) is 4.74 Å². The number of tetrazole rings is 1. The molecule has 0 unspecified atom stereocenters. The average molecular weight is 393 g/mol. The Hall–Kier alpha value is -3.07. The number of anilines is 1. The molecule has 0 bridgehead atoms. The van der Waals surface area contributed by atoms with Crippen LogP contribution < -0.4 is 5.32 Å². The zero-order chi connectivity index (χ0) is 19.8. The van der Waals surface area contributed by atoms with Gasteiger partial charge in [-0.25, -0.2) is 4.98 Å². The molecule has 2 fully saturated rings. The Morgan fingerprint density at radius 3 is 2.83 bits per heavy atom. The van der Waals surface area contributed by atoms with Crippen LogP contribution in [0.5, 0.6) is 0 Å². The third-order valence-electron chi connectivity index (χ3n) is 6.14. The number of carbonyl (C=O) groups is 1. The molecule has 1 aliphatic heterocycles. The van der Waals surface area contributed by atoms with Crippen molar-refractivity contribution in [2.45, 2.75) is 25.0 Å². The molecule has 1 saturated carbocycles. The average Bonchev–Trinajstić information content (AvgIpc) is 3.39. The number of fused-ring (bicyclic) bond motifs is 2. The van der Waals surface area contributed by atoms with Crippen molar-refractivity contribution in [3.05, 3.63) is 48.3 Å². The van der Waals surface area contributed by atoms with E-state index < -0.39 is 0 Å². The molecule has 1 saturated heterocycles. The van der Waals surface area contributed by atoms with Gasteiger partial charge in [0.2, 0.25) is 0 Å².